The maximum Gasteiger partial charge on any atom is 0.135 e. The summed E-state index contributed by atoms with van der Waals surface area (Å²) in [5, 5.41) is 22.4. The van der Waals surface area contributed by atoms with E-state index < -0.39 is 6.10 Å². The van der Waals surface area contributed by atoms with Gasteiger partial charge in [0.25, 0.3) is 0 Å². The topological polar surface area (TPSA) is 76.7 Å². The molecule has 2 rings (SSSR count). The van der Waals surface area contributed by atoms with Crippen LogP contribution in [0.2, 0.25) is 0 Å². The van der Waals surface area contributed by atoms with Gasteiger partial charge < -0.3 is 5.11 Å². The third kappa shape index (κ3) is 2.41. The van der Waals surface area contributed by atoms with E-state index >= 15 is 0 Å². The quantitative estimate of drug-likeness (QED) is 0.893. The molecule has 0 saturated heterocycles. The third-order valence-corrected chi connectivity index (χ3v) is 3.49. The molecule has 0 saturated carbocycles. The van der Waals surface area contributed by atoms with Crippen molar-refractivity contribution in [3.05, 3.63) is 22.5 Å². The molecular weight excluding hydrogens is 250 g/mol. The van der Waals surface area contributed by atoms with Crippen LogP contribution in [0.3, 0.4) is 0 Å². The minimum atomic E-state index is -0.746. The van der Waals surface area contributed by atoms with Crippen LogP contribution < -0.4 is 0 Å². The molecule has 1 unspecified atom stereocenters. The molecule has 2 aromatic heterocycles. The van der Waals surface area contributed by atoms with Gasteiger partial charge in [-0.2, -0.15) is 0 Å². The molecule has 0 amide bonds. The lowest BCUT2D eigenvalue weighted by Gasteiger charge is -2.12. The van der Waals surface area contributed by atoms with Crippen LogP contribution in [0.1, 0.15) is 55.5 Å². The summed E-state index contributed by atoms with van der Waals surface area (Å²) in [5.41, 5.74) is 1.54. The lowest BCUT2D eigenvalue weighted by atomic mass is 10.1. The zero-order valence-electron chi connectivity index (χ0n) is 10.7. The first-order valence-electron chi connectivity index (χ1n) is 6.03. The number of nitrogens with zero attached hydrogens (tertiary/aromatic N) is 5. The van der Waals surface area contributed by atoms with Gasteiger partial charge in [-0.05, 0) is 23.9 Å². The number of hydrogen-bond acceptors (Lipinski definition) is 6. The van der Waals surface area contributed by atoms with E-state index in [1.54, 1.807) is 10.9 Å². The van der Waals surface area contributed by atoms with Crippen LogP contribution in [-0.2, 0) is 6.54 Å². The van der Waals surface area contributed by atoms with Gasteiger partial charge in [-0.15, -0.1) is 10.2 Å². The molecule has 0 fully saturated rings. The molecule has 0 radical (unpaired) electrons. The Hall–Kier alpha value is -1.34. The van der Waals surface area contributed by atoms with Gasteiger partial charge in [-0.1, -0.05) is 30.5 Å². The molecular formula is C11H17N5OS. The monoisotopic (exact) mass is 267 g/mol. The van der Waals surface area contributed by atoms with Crippen LogP contribution in [0.4, 0.5) is 0 Å². The minimum absolute atomic E-state index is 0.240. The highest BCUT2D eigenvalue weighted by Crippen LogP contribution is 2.30. The number of aliphatic hydroxyl groups is 1. The van der Waals surface area contributed by atoms with Crippen LogP contribution in [0.15, 0.2) is 6.20 Å². The first-order valence-corrected chi connectivity index (χ1v) is 6.81. The van der Waals surface area contributed by atoms with Gasteiger partial charge in [0.1, 0.15) is 6.10 Å². The van der Waals surface area contributed by atoms with Gasteiger partial charge in [0.05, 0.1) is 22.5 Å². The molecule has 1 N–H and O–H groups in total. The molecule has 0 aliphatic rings. The molecule has 18 heavy (non-hydrogen) atoms. The van der Waals surface area contributed by atoms with E-state index in [9.17, 15) is 5.11 Å². The molecule has 0 aromatic carbocycles. The Morgan fingerprint density at radius 2 is 2.22 bits per heavy atom. The van der Waals surface area contributed by atoms with Crippen molar-refractivity contribution < 1.29 is 5.11 Å². The lowest BCUT2D eigenvalue weighted by Crippen LogP contribution is -2.11. The highest BCUT2D eigenvalue weighted by atomic mass is 32.1. The molecule has 2 aromatic rings. The zero-order valence-corrected chi connectivity index (χ0v) is 11.6. The standard InChI is InChI=1S/C11H17N5OS/c1-4-5-16-8(6-12-14-16)10(17)11-9(7(2)3)13-15-18-11/h6-7,10,17H,4-5H2,1-3H3. The van der Waals surface area contributed by atoms with Crippen molar-refractivity contribution in [2.75, 3.05) is 0 Å². The fourth-order valence-electron chi connectivity index (χ4n) is 1.79. The molecule has 1 atom stereocenters. The van der Waals surface area contributed by atoms with E-state index in [0.717, 1.165) is 23.5 Å². The highest BCUT2D eigenvalue weighted by molar-refractivity contribution is 7.05. The summed E-state index contributed by atoms with van der Waals surface area (Å²) in [6, 6.07) is 0. The maximum absolute atomic E-state index is 10.4. The second-order valence-corrected chi connectivity index (χ2v) is 5.25. The summed E-state index contributed by atoms with van der Waals surface area (Å²) in [4.78, 5) is 0.782. The lowest BCUT2D eigenvalue weighted by molar-refractivity contribution is 0.209. The molecule has 6 nitrogen and oxygen atoms in total. The number of rotatable bonds is 5. The predicted octanol–water partition coefficient (Wildman–Crippen LogP) is 1.74. The van der Waals surface area contributed by atoms with Crippen molar-refractivity contribution in [2.24, 2.45) is 0 Å². The van der Waals surface area contributed by atoms with Crippen molar-refractivity contribution in [3.8, 4) is 0 Å². The summed E-state index contributed by atoms with van der Waals surface area (Å²) < 4.78 is 5.66. The summed E-state index contributed by atoms with van der Waals surface area (Å²) >= 11 is 1.23. The number of aliphatic hydroxyl groups excluding tert-OH is 1. The Morgan fingerprint density at radius 1 is 1.44 bits per heavy atom. The van der Waals surface area contributed by atoms with Crippen LogP contribution in [0, 0.1) is 0 Å². The first-order chi connectivity index (χ1) is 8.65. The number of aryl methyl sites for hydroxylation is 1. The van der Waals surface area contributed by atoms with Crippen molar-refractivity contribution in [3.63, 3.8) is 0 Å². The Balaban J connectivity index is 2.32. The highest BCUT2D eigenvalue weighted by Gasteiger charge is 2.23. The Kier molecular flexibility index (Phi) is 4.03. The van der Waals surface area contributed by atoms with E-state index in [1.165, 1.54) is 11.5 Å². The molecule has 0 bridgehead atoms. The van der Waals surface area contributed by atoms with Gasteiger partial charge >= 0.3 is 0 Å². The van der Waals surface area contributed by atoms with Crippen LogP contribution >= 0.6 is 11.5 Å². The Labute approximate surface area is 110 Å². The zero-order chi connectivity index (χ0) is 13.1. The molecule has 0 spiro atoms. The van der Waals surface area contributed by atoms with Crippen molar-refractivity contribution in [1.29, 1.82) is 0 Å². The fourth-order valence-corrected chi connectivity index (χ4v) is 2.60. The maximum atomic E-state index is 10.4. The summed E-state index contributed by atoms with van der Waals surface area (Å²) in [6.07, 6.45) is 1.80. The molecule has 0 aliphatic heterocycles. The average Bonchev–Trinajstić information content (AvgIpc) is 2.96. The van der Waals surface area contributed by atoms with E-state index in [2.05, 4.69) is 26.8 Å². The Morgan fingerprint density at radius 3 is 2.89 bits per heavy atom. The van der Waals surface area contributed by atoms with Crippen molar-refractivity contribution >= 4 is 11.5 Å². The Bertz CT molecular complexity index is 507. The van der Waals surface area contributed by atoms with Gasteiger partial charge in [-0.25, -0.2) is 4.68 Å². The second-order valence-electron chi connectivity index (χ2n) is 4.46. The van der Waals surface area contributed by atoms with E-state index in [4.69, 9.17) is 0 Å². The van der Waals surface area contributed by atoms with Crippen molar-refractivity contribution in [1.82, 2.24) is 24.6 Å². The summed E-state index contributed by atoms with van der Waals surface area (Å²) in [5.74, 6) is 0.240. The molecule has 2 heterocycles. The predicted molar refractivity (Wildman–Crippen MR) is 68.4 cm³/mol. The van der Waals surface area contributed by atoms with E-state index in [-0.39, 0.29) is 5.92 Å². The first kappa shape index (κ1) is 13.1. The normalized spacial score (nSPS) is 13.2. The number of aromatic nitrogens is 5. The SMILES string of the molecule is CCCn1nncc1C(O)c1snnc1C(C)C. The minimum Gasteiger partial charge on any atom is -0.381 e. The van der Waals surface area contributed by atoms with Gasteiger partial charge in [0, 0.05) is 6.54 Å². The van der Waals surface area contributed by atoms with Crippen LogP contribution in [0.25, 0.3) is 0 Å². The van der Waals surface area contributed by atoms with E-state index in [0.29, 0.717) is 5.69 Å². The van der Waals surface area contributed by atoms with E-state index in [1.807, 2.05) is 13.8 Å². The smallest absolute Gasteiger partial charge is 0.135 e. The van der Waals surface area contributed by atoms with Crippen LogP contribution in [-0.4, -0.2) is 29.7 Å². The van der Waals surface area contributed by atoms with Crippen molar-refractivity contribution in [2.45, 2.75) is 45.8 Å². The summed E-state index contributed by atoms with van der Waals surface area (Å²) in [7, 11) is 0. The fraction of sp³-hybridized carbons (Fsp3) is 0.636. The average molecular weight is 267 g/mol. The van der Waals surface area contributed by atoms with Crippen LogP contribution in [0.5, 0.6) is 0 Å². The van der Waals surface area contributed by atoms with Gasteiger partial charge in [0.2, 0.25) is 0 Å². The second kappa shape index (κ2) is 5.53. The molecule has 98 valence electrons. The summed E-state index contributed by atoms with van der Waals surface area (Å²) in [6.45, 7) is 6.88. The molecule has 7 heteroatoms. The molecule has 0 aliphatic carbocycles. The third-order valence-electron chi connectivity index (χ3n) is 2.70. The largest absolute Gasteiger partial charge is 0.381 e. The number of hydrogen-bond donors (Lipinski definition) is 1. The van der Waals surface area contributed by atoms with Gasteiger partial charge in [-0.3, -0.25) is 0 Å². The van der Waals surface area contributed by atoms with Gasteiger partial charge in [0.15, 0.2) is 0 Å².